The molecule has 1 amide bonds. The molecule has 0 aliphatic carbocycles. The molecular weight excluding hydrogens is 262 g/mol. The average Bonchev–Trinajstić information content (AvgIpc) is 2.43. The smallest absolute Gasteiger partial charge is 0.223 e. The van der Waals surface area contributed by atoms with Gasteiger partial charge in [-0.15, -0.1) is 0 Å². The van der Waals surface area contributed by atoms with Gasteiger partial charge >= 0.3 is 0 Å². The SMILES string of the molecule is CCC1CCCN(C(C)(C)CNC(=O)C(C)C2CNC2)C1. The highest BCUT2D eigenvalue weighted by molar-refractivity contribution is 5.78. The van der Waals surface area contributed by atoms with Crippen molar-refractivity contribution in [1.29, 1.82) is 0 Å². The highest BCUT2D eigenvalue weighted by Crippen LogP contribution is 2.25. The lowest BCUT2D eigenvalue weighted by molar-refractivity contribution is -0.127. The normalized spacial score (nSPS) is 26.2. The van der Waals surface area contributed by atoms with E-state index in [1.165, 1.54) is 32.4 Å². The van der Waals surface area contributed by atoms with Gasteiger partial charge in [-0.1, -0.05) is 20.3 Å². The lowest BCUT2D eigenvalue weighted by Crippen LogP contribution is -2.56. The highest BCUT2D eigenvalue weighted by Gasteiger charge is 2.33. The summed E-state index contributed by atoms with van der Waals surface area (Å²) in [5, 5.41) is 6.44. The molecule has 0 aromatic carbocycles. The second-order valence-electron chi connectivity index (χ2n) is 7.60. The molecule has 2 heterocycles. The number of amides is 1. The second-order valence-corrected chi connectivity index (χ2v) is 7.60. The average molecular weight is 295 g/mol. The Morgan fingerprint density at radius 1 is 1.43 bits per heavy atom. The van der Waals surface area contributed by atoms with Crippen LogP contribution in [0.15, 0.2) is 0 Å². The Labute approximate surface area is 130 Å². The zero-order chi connectivity index (χ0) is 15.5. The summed E-state index contributed by atoms with van der Waals surface area (Å²) in [6.07, 6.45) is 3.92. The van der Waals surface area contributed by atoms with Gasteiger partial charge < -0.3 is 10.6 Å². The maximum atomic E-state index is 12.3. The minimum atomic E-state index is 0.0566. The summed E-state index contributed by atoms with van der Waals surface area (Å²) in [5.41, 5.74) is 0.0566. The van der Waals surface area contributed by atoms with Crippen molar-refractivity contribution < 1.29 is 4.79 Å². The third kappa shape index (κ3) is 4.19. The van der Waals surface area contributed by atoms with E-state index in [1.54, 1.807) is 0 Å². The Bertz CT molecular complexity index is 352. The van der Waals surface area contributed by atoms with Gasteiger partial charge in [0.2, 0.25) is 5.91 Å². The zero-order valence-corrected chi connectivity index (χ0v) is 14.2. The molecule has 2 rings (SSSR count). The molecule has 2 unspecified atom stereocenters. The quantitative estimate of drug-likeness (QED) is 0.786. The van der Waals surface area contributed by atoms with E-state index >= 15 is 0 Å². The van der Waals surface area contributed by atoms with Crippen molar-refractivity contribution in [2.75, 3.05) is 32.7 Å². The topological polar surface area (TPSA) is 44.4 Å². The lowest BCUT2D eigenvalue weighted by atomic mass is 9.87. The molecule has 2 fully saturated rings. The van der Waals surface area contributed by atoms with Crippen molar-refractivity contribution >= 4 is 5.91 Å². The van der Waals surface area contributed by atoms with E-state index in [9.17, 15) is 4.79 Å². The number of carbonyl (C=O) groups excluding carboxylic acids is 1. The fraction of sp³-hybridized carbons (Fsp3) is 0.941. The predicted molar refractivity (Wildman–Crippen MR) is 87.2 cm³/mol. The molecule has 2 N–H and O–H groups in total. The molecule has 2 aliphatic heterocycles. The van der Waals surface area contributed by atoms with Gasteiger partial charge in [-0.25, -0.2) is 0 Å². The van der Waals surface area contributed by atoms with Crippen molar-refractivity contribution in [2.24, 2.45) is 17.8 Å². The number of piperidine rings is 1. The Morgan fingerprint density at radius 2 is 2.14 bits per heavy atom. The van der Waals surface area contributed by atoms with Crippen molar-refractivity contribution in [1.82, 2.24) is 15.5 Å². The van der Waals surface area contributed by atoms with Gasteiger partial charge in [-0.3, -0.25) is 9.69 Å². The number of hydrogen-bond acceptors (Lipinski definition) is 3. The summed E-state index contributed by atoms with van der Waals surface area (Å²) in [6.45, 7) is 14.0. The van der Waals surface area contributed by atoms with Gasteiger partial charge in [0.15, 0.2) is 0 Å². The fourth-order valence-electron chi connectivity index (χ4n) is 3.40. The third-order valence-corrected chi connectivity index (χ3v) is 5.58. The van der Waals surface area contributed by atoms with Crippen molar-refractivity contribution in [2.45, 2.75) is 52.5 Å². The van der Waals surface area contributed by atoms with Crippen LogP contribution >= 0.6 is 0 Å². The molecule has 0 aromatic rings. The molecule has 2 saturated heterocycles. The molecule has 122 valence electrons. The Morgan fingerprint density at radius 3 is 2.71 bits per heavy atom. The molecule has 21 heavy (non-hydrogen) atoms. The van der Waals surface area contributed by atoms with Gasteiger partial charge in [-0.05, 0) is 58.2 Å². The van der Waals surface area contributed by atoms with E-state index in [2.05, 4.69) is 43.2 Å². The zero-order valence-electron chi connectivity index (χ0n) is 14.2. The lowest BCUT2D eigenvalue weighted by Gasteiger charge is -2.44. The standard InChI is InChI=1S/C17H33N3O/c1-5-14-7-6-8-20(11-14)17(3,4)12-19-16(21)13(2)15-9-18-10-15/h13-15,18H,5-12H2,1-4H3,(H,19,21). The van der Waals surface area contributed by atoms with Crippen LogP contribution in [-0.2, 0) is 4.79 Å². The van der Waals surface area contributed by atoms with Gasteiger partial charge in [0.25, 0.3) is 0 Å². The highest BCUT2D eigenvalue weighted by atomic mass is 16.1. The molecule has 0 spiro atoms. The van der Waals surface area contributed by atoms with E-state index in [0.717, 1.165) is 25.6 Å². The molecular formula is C17H33N3O. The number of likely N-dealkylation sites (tertiary alicyclic amines) is 1. The van der Waals surface area contributed by atoms with Crippen LogP contribution in [0.1, 0.15) is 47.0 Å². The Hall–Kier alpha value is -0.610. The maximum absolute atomic E-state index is 12.3. The maximum Gasteiger partial charge on any atom is 0.223 e. The number of rotatable bonds is 6. The van der Waals surface area contributed by atoms with Crippen LogP contribution in [0.2, 0.25) is 0 Å². The molecule has 4 heteroatoms. The van der Waals surface area contributed by atoms with Crippen LogP contribution in [0.25, 0.3) is 0 Å². The van der Waals surface area contributed by atoms with Crippen LogP contribution in [0.3, 0.4) is 0 Å². The first-order chi connectivity index (χ1) is 9.94. The van der Waals surface area contributed by atoms with Crippen LogP contribution in [0.5, 0.6) is 0 Å². The van der Waals surface area contributed by atoms with Crippen molar-refractivity contribution in [3.63, 3.8) is 0 Å². The van der Waals surface area contributed by atoms with Crippen LogP contribution in [0.4, 0.5) is 0 Å². The largest absolute Gasteiger partial charge is 0.354 e. The summed E-state index contributed by atoms with van der Waals surface area (Å²) in [4.78, 5) is 14.8. The molecule has 0 radical (unpaired) electrons. The first-order valence-electron chi connectivity index (χ1n) is 8.67. The predicted octanol–water partition coefficient (Wildman–Crippen LogP) is 1.86. The Balaban J connectivity index is 1.80. The number of carbonyl (C=O) groups is 1. The molecule has 4 nitrogen and oxygen atoms in total. The van der Waals surface area contributed by atoms with E-state index in [0.29, 0.717) is 5.92 Å². The molecule has 0 saturated carbocycles. The summed E-state index contributed by atoms with van der Waals surface area (Å²) in [6, 6.07) is 0. The van der Waals surface area contributed by atoms with Gasteiger partial charge in [0, 0.05) is 24.5 Å². The summed E-state index contributed by atoms with van der Waals surface area (Å²) in [7, 11) is 0. The first-order valence-corrected chi connectivity index (χ1v) is 8.67. The van der Waals surface area contributed by atoms with Gasteiger partial charge in [-0.2, -0.15) is 0 Å². The first kappa shape index (κ1) is 16.8. The minimum Gasteiger partial charge on any atom is -0.354 e. The Kier molecular flexibility index (Phi) is 5.67. The van der Waals surface area contributed by atoms with Crippen LogP contribution in [-0.4, -0.2) is 49.1 Å². The number of hydrogen-bond donors (Lipinski definition) is 2. The van der Waals surface area contributed by atoms with Gasteiger partial charge in [0.05, 0.1) is 0 Å². The number of nitrogens with zero attached hydrogens (tertiary/aromatic N) is 1. The van der Waals surface area contributed by atoms with Crippen LogP contribution < -0.4 is 10.6 Å². The molecule has 0 bridgehead atoms. The third-order valence-electron chi connectivity index (χ3n) is 5.58. The monoisotopic (exact) mass is 295 g/mol. The molecule has 2 aliphatic rings. The summed E-state index contributed by atoms with van der Waals surface area (Å²) in [5.74, 6) is 1.70. The van der Waals surface area contributed by atoms with E-state index in [1.807, 2.05) is 0 Å². The summed E-state index contributed by atoms with van der Waals surface area (Å²) < 4.78 is 0. The van der Waals surface area contributed by atoms with Crippen molar-refractivity contribution in [3.05, 3.63) is 0 Å². The van der Waals surface area contributed by atoms with Gasteiger partial charge in [0.1, 0.15) is 0 Å². The van der Waals surface area contributed by atoms with E-state index in [4.69, 9.17) is 0 Å². The van der Waals surface area contributed by atoms with Crippen molar-refractivity contribution in [3.8, 4) is 0 Å². The summed E-state index contributed by atoms with van der Waals surface area (Å²) >= 11 is 0. The minimum absolute atomic E-state index is 0.0566. The van der Waals surface area contributed by atoms with E-state index in [-0.39, 0.29) is 17.4 Å². The second kappa shape index (κ2) is 7.10. The van der Waals surface area contributed by atoms with Crippen LogP contribution in [0, 0.1) is 17.8 Å². The molecule has 2 atom stereocenters. The fourth-order valence-corrected chi connectivity index (χ4v) is 3.40. The van der Waals surface area contributed by atoms with E-state index < -0.39 is 0 Å². The number of nitrogens with one attached hydrogen (secondary N) is 2. The molecule has 0 aromatic heterocycles.